The van der Waals surface area contributed by atoms with Gasteiger partial charge in [0.15, 0.2) is 0 Å². The third-order valence-corrected chi connectivity index (χ3v) is 4.77. The number of aromatic nitrogens is 1. The molecule has 2 aromatic rings. The molecule has 4 atom stereocenters. The topological polar surface area (TPSA) is 60.5 Å². The summed E-state index contributed by atoms with van der Waals surface area (Å²) in [4.78, 5) is 16.8. The normalized spacial score (nSPS) is 28.4. The number of para-hydroxylation sites is 1. The van der Waals surface area contributed by atoms with E-state index in [0.717, 1.165) is 17.0 Å². The van der Waals surface area contributed by atoms with Crippen LogP contribution in [0.1, 0.15) is 23.3 Å². The second-order valence-electron chi connectivity index (χ2n) is 5.94. The molecule has 2 aliphatic heterocycles. The predicted octanol–water partition coefficient (Wildman–Crippen LogP) is 2.26. The Morgan fingerprint density at radius 3 is 2.83 bits per heavy atom. The molecule has 1 aromatic carbocycles. The summed E-state index contributed by atoms with van der Waals surface area (Å²) in [6, 6.07) is 13.6. The van der Waals surface area contributed by atoms with E-state index in [4.69, 9.17) is 9.47 Å². The average molecular weight is 310 g/mol. The average Bonchev–Trinajstić information content (AvgIpc) is 3.02. The fraction of sp³-hybridized carbons (Fsp3) is 0.333. The number of hydrogen-bond donors (Lipinski definition) is 1. The molecule has 0 radical (unpaired) electrons. The lowest BCUT2D eigenvalue weighted by Gasteiger charge is -2.30. The Morgan fingerprint density at radius 2 is 2.04 bits per heavy atom. The largest absolute Gasteiger partial charge is 0.493 e. The number of carbonyl (C=O) groups is 1. The highest BCUT2D eigenvalue weighted by Crippen LogP contribution is 2.48. The molecule has 3 heterocycles. The number of ether oxygens (including phenoxy) is 2. The molecule has 1 aromatic heterocycles. The van der Waals surface area contributed by atoms with E-state index in [2.05, 4.69) is 10.3 Å². The van der Waals surface area contributed by atoms with Crippen LogP contribution in [0.2, 0.25) is 0 Å². The maximum atomic E-state index is 12.4. The quantitative estimate of drug-likeness (QED) is 0.862. The molecule has 1 saturated heterocycles. The van der Waals surface area contributed by atoms with E-state index in [1.165, 1.54) is 7.11 Å². The van der Waals surface area contributed by atoms with E-state index in [-0.39, 0.29) is 29.9 Å². The van der Waals surface area contributed by atoms with E-state index < -0.39 is 0 Å². The second-order valence-corrected chi connectivity index (χ2v) is 5.94. The van der Waals surface area contributed by atoms with Crippen LogP contribution in [0, 0.1) is 11.8 Å². The third-order valence-electron chi connectivity index (χ3n) is 4.77. The van der Waals surface area contributed by atoms with Crippen LogP contribution in [0.3, 0.4) is 0 Å². The zero-order chi connectivity index (χ0) is 15.8. The van der Waals surface area contributed by atoms with Crippen molar-refractivity contribution < 1.29 is 14.3 Å². The summed E-state index contributed by atoms with van der Waals surface area (Å²) in [5.74, 6) is 0.382. The molecule has 4 rings (SSSR count). The van der Waals surface area contributed by atoms with Gasteiger partial charge in [-0.1, -0.05) is 24.3 Å². The van der Waals surface area contributed by atoms with Gasteiger partial charge in [0.25, 0.3) is 0 Å². The van der Waals surface area contributed by atoms with Gasteiger partial charge >= 0.3 is 5.97 Å². The number of benzene rings is 1. The Balaban J connectivity index is 1.76. The summed E-state index contributed by atoms with van der Waals surface area (Å²) < 4.78 is 10.9. The molecular formula is C18H18N2O3. The second kappa shape index (κ2) is 5.66. The third kappa shape index (κ3) is 2.28. The maximum Gasteiger partial charge on any atom is 0.311 e. The Bertz CT molecular complexity index is 719. The molecule has 0 aliphatic carbocycles. The lowest BCUT2D eigenvalue weighted by Crippen LogP contribution is -2.32. The summed E-state index contributed by atoms with van der Waals surface area (Å²) in [5, 5.41) is 3.59. The molecule has 0 unspecified atom stereocenters. The molecule has 0 amide bonds. The van der Waals surface area contributed by atoms with Crippen LogP contribution in [0.5, 0.6) is 5.75 Å². The summed E-state index contributed by atoms with van der Waals surface area (Å²) in [7, 11) is 1.43. The summed E-state index contributed by atoms with van der Waals surface area (Å²) in [6.07, 6.45) is 1.75. The molecule has 1 N–H and O–H groups in total. The standard InChI is InChI=1S/C18H18N2O3/c1-22-18(21)15-12-10-23-14-8-3-2-6-11(14)16(12)20-17(15)13-7-4-5-9-19-13/h2-9,12,15-17,20H,10H2,1H3/t12-,15-,16-,17+/m1/s1. The maximum absolute atomic E-state index is 12.4. The zero-order valence-corrected chi connectivity index (χ0v) is 12.8. The van der Waals surface area contributed by atoms with Crippen molar-refractivity contribution in [2.24, 2.45) is 11.8 Å². The van der Waals surface area contributed by atoms with Gasteiger partial charge in [0.05, 0.1) is 31.4 Å². The van der Waals surface area contributed by atoms with Crippen molar-refractivity contribution in [2.45, 2.75) is 12.1 Å². The number of fused-ring (bicyclic) bond motifs is 3. The van der Waals surface area contributed by atoms with Crippen molar-refractivity contribution in [3.63, 3.8) is 0 Å². The molecular weight excluding hydrogens is 292 g/mol. The van der Waals surface area contributed by atoms with Crippen LogP contribution in [-0.2, 0) is 9.53 Å². The smallest absolute Gasteiger partial charge is 0.311 e. The highest BCUT2D eigenvalue weighted by molar-refractivity contribution is 5.75. The first kappa shape index (κ1) is 14.2. The number of methoxy groups -OCH3 is 1. The minimum Gasteiger partial charge on any atom is -0.493 e. The number of rotatable bonds is 2. The fourth-order valence-electron chi connectivity index (χ4n) is 3.73. The molecule has 1 fully saturated rings. The highest BCUT2D eigenvalue weighted by Gasteiger charge is 2.51. The van der Waals surface area contributed by atoms with Crippen LogP contribution >= 0.6 is 0 Å². The molecule has 23 heavy (non-hydrogen) atoms. The van der Waals surface area contributed by atoms with Gasteiger partial charge in [0.1, 0.15) is 5.75 Å². The molecule has 0 bridgehead atoms. The number of nitrogens with one attached hydrogen (secondary N) is 1. The van der Waals surface area contributed by atoms with Gasteiger partial charge in [-0.2, -0.15) is 0 Å². The Labute approximate surface area is 134 Å². The van der Waals surface area contributed by atoms with Gasteiger partial charge in [0.2, 0.25) is 0 Å². The lowest BCUT2D eigenvalue weighted by molar-refractivity contribution is -0.148. The molecule has 5 nitrogen and oxygen atoms in total. The van der Waals surface area contributed by atoms with Crippen molar-refractivity contribution in [2.75, 3.05) is 13.7 Å². The van der Waals surface area contributed by atoms with Gasteiger partial charge in [-0.3, -0.25) is 9.78 Å². The Kier molecular flexibility index (Phi) is 3.50. The molecule has 2 aliphatic rings. The summed E-state index contributed by atoms with van der Waals surface area (Å²) in [6.45, 7) is 0.498. The van der Waals surface area contributed by atoms with Crippen LogP contribution in [0.15, 0.2) is 48.7 Å². The van der Waals surface area contributed by atoms with Crippen molar-refractivity contribution >= 4 is 5.97 Å². The van der Waals surface area contributed by atoms with Crippen LogP contribution in [-0.4, -0.2) is 24.7 Å². The SMILES string of the molecule is COC(=O)[C@@H]1[C@H]2COc3ccccc3[C@H]2N[C@H]1c1ccccn1. The lowest BCUT2D eigenvalue weighted by atomic mass is 9.82. The minimum atomic E-state index is -0.312. The van der Waals surface area contributed by atoms with E-state index in [9.17, 15) is 4.79 Å². The number of pyridine rings is 1. The zero-order valence-electron chi connectivity index (χ0n) is 12.8. The summed E-state index contributed by atoms with van der Waals surface area (Å²) in [5.41, 5.74) is 1.95. The van der Waals surface area contributed by atoms with E-state index in [1.54, 1.807) is 6.20 Å². The van der Waals surface area contributed by atoms with Crippen LogP contribution < -0.4 is 10.1 Å². The van der Waals surface area contributed by atoms with Crippen LogP contribution in [0.25, 0.3) is 0 Å². The number of carbonyl (C=O) groups excluding carboxylic acids is 1. The molecule has 5 heteroatoms. The van der Waals surface area contributed by atoms with Crippen molar-refractivity contribution in [3.8, 4) is 5.75 Å². The van der Waals surface area contributed by atoms with Gasteiger partial charge in [-0.05, 0) is 18.2 Å². The monoisotopic (exact) mass is 310 g/mol. The van der Waals surface area contributed by atoms with E-state index >= 15 is 0 Å². The first-order valence-corrected chi connectivity index (χ1v) is 7.76. The van der Waals surface area contributed by atoms with Gasteiger partial charge in [-0.15, -0.1) is 0 Å². The molecule has 0 spiro atoms. The Hall–Kier alpha value is -2.40. The van der Waals surface area contributed by atoms with Gasteiger partial charge in [0, 0.05) is 23.7 Å². The first-order chi connectivity index (χ1) is 11.3. The van der Waals surface area contributed by atoms with Gasteiger partial charge in [-0.25, -0.2) is 0 Å². The van der Waals surface area contributed by atoms with E-state index in [1.807, 2.05) is 42.5 Å². The molecule has 0 saturated carbocycles. The molecule has 118 valence electrons. The van der Waals surface area contributed by atoms with Crippen molar-refractivity contribution in [1.29, 1.82) is 0 Å². The first-order valence-electron chi connectivity index (χ1n) is 7.76. The predicted molar refractivity (Wildman–Crippen MR) is 83.8 cm³/mol. The van der Waals surface area contributed by atoms with Crippen LogP contribution in [0.4, 0.5) is 0 Å². The van der Waals surface area contributed by atoms with Crippen molar-refractivity contribution in [1.82, 2.24) is 10.3 Å². The number of esters is 1. The minimum absolute atomic E-state index is 0.0318. The van der Waals surface area contributed by atoms with Crippen molar-refractivity contribution in [3.05, 3.63) is 59.9 Å². The fourth-order valence-corrected chi connectivity index (χ4v) is 3.73. The highest BCUT2D eigenvalue weighted by atomic mass is 16.5. The number of nitrogens with zero attached hydrogens (tertiary/aromatic N) is 1. The van der Waals surface area contributed by atoms with E-state index in [0.29, 0.717) is 6.61 Å². The Morgan fingerprint density at radius 1 is 1.22 bits per heavy atom. The number of hydrogen-bond acceptors (Lipinski definition) is 5. The summed E-state index contributed by atoms with van der Waals surface area (Å²) >= 11 is 0. The van der Waals surface area contributed by atoms with Gasteiger partial charge < -0.3 is 14.8 Å².